The van der Waals surface area contributed by atoms with Crippen LogP contribution in [0.3, 0.4) is 0 Å². The van der Waals surface area contributed by atoms with E-state index in [9.17, 15) is 4.79 Å². The summed E-state index contributed by atoms with van der Waals surface area (Å²) >= 11 is 0. The molecular weight excluding hydrogens is 266 g/mol. The summed E-state index contributed by atoms with van der Waals surface area (Å²) in [6.45, 7) is 5.70. The molecule has 0 radical (unpaired) electrons. The molecule has 3 rings (SSSR count). The summed E-state index contributed by atoms with van der Waals surface area (Å²) in [5.41, 5.74) is 2.04. The van der Waals surface area contributed by atoms with E-state index < -0.39 is 0 Å². The van der Waals surface area contributed by atoms with Crippen molar-refractivity contribution in [2.75, 3.05) is 6.54 Å². The molecule has 0 N–H and O–H groups in total. The SMILES string of the molecule is CCC[C@H]1c2cccn2CCN1C(=O)c1cc(CC)no1. The van der Waals surface area contributed by atoms with E-state index in [2.05, 4.69) is 35.0 Å². The highest BCUT2D eigenvalue weighted by Gasteiger charge is 2.32. The molecule has 0 saturated heterocycles. The van der Waals surface area contributed by atoms with Crippen molar-refractivity contribution in [3.63, 3.8) is 0 Å². The standard InChI is InChI=1S/C16H21N3O2/c1-3-6-14-13-7-5-8-18(13)9-10-19(14)16(20)15-11-12(4-2)17-21-15/h5,7-8,11,14H,3-4,6,9-10H2,1-2H3/t14-/m0/s1. The second-order valence-corrected chi connectivity index (χ2v) is 5.47. The first kappa shape index (κ1) is 13.9. The molecule has 1 aliphatic heterocycles. The topological polar surface area (TPSA) is 51.3 Å². The summed E-state index contributed by atoms with van der Waals surface area (Å²) in [4.78, 5) is 14.7. The second kappa shape index (κ2) is 5.76. The Labute approximate surface area is 124 Å². The van der Waals surface area contributed by atoms with Crippen LogP contribution in [-0.4, -0.2) is 27.1 Å². The largest absolute Gasteiger partial charge is 0.351 e. The van der Waals surface area contributed by atoms with Crippen molar-refractivity contribution in [2.45, 2.75) is 45.7 Å². The minimum Gasteiger partial charge on any atom is -0.351 e. The van der Waals surface area contributed by atoms with Crippen molar-refractivity contribution in [2.24, 2.45) is 0 Å². The maximum Gasteiger partial charge on any atom is 0.293 e. The molecule has 0 spiro atoms. The van der Waals surface area contributed by atoms with E-state index in [1.54, 1.807) is 6.07 Å². The number of rotatable bonds is 4. The smallest absolute Gasteiger partial charge is 0.293 e. The third kappa shape index (κ3) is 2.48. The van der Waals surface area contributed by atoms with E-state index in [4.69, 9.17) is 4.52 Å². The summed E-state index contributed by atoms with van der Waals surface area (Å²) < 4.78 is 7.46. The van der Waals surface area contributed by atoms with Crippen LogP contribution in [-0.2, 0) is 13.0 Å². The fourth-order valence-electron chi connectivity index (χ4n) is 3.01. The Balaban J connectivity index is 1.88. The zero-order valence-corrected chi connectivity index (χ0v) is 12.6. The van der Waals surface area contributed by atoms with Crippen molar-refractivity contribution in [3.8, 4) is 0 Å². The number of hydrogen-bond acceptors (Lipinski definition) is 3. The minimum atomic E-state index is -0.0481. The van der Waals surface area contributed by atoms with Crippen molar-refractivity contribution < 1.29 is 9.32 Å². The minimum absolute atomic E-state index is 0.0481. The van der Waals surface area contributed by atoms with Crippen LogP contribution in [0.2, 0.25) is 0 Å². The van der Waals surface area contributed by atoms with E-state index in [0.717, 1.165) is 31.5 Å². The average Bonchev–Trinajstić information content (AvgIpc) is 3.16. The molecule has 21 heavy (non-hydrogen) atoms. The Hall–Kier alpha value is -2.04. The van der Waals surface area contributed by atoms with Crippen molar-refractivity contribution in [1.29, 1.82) is 0 Å². The van der Waals surface area contributed by atoms with Gasteiger partial charge in [-0.05, 0) is 25.0 Å². The van der Waals surface area contributed by atoms with Crippen molar-refractivity contribution in [1.82, 2.24) is 14.6 Å². The molecule has 0 bridgehead atoms. The van der Waals surface area contributed by atoms with Crippen LogP contribution in [0.4, 0.5) is 0 Å². The summed E-state index contributed by atoms with van der Waals surface area (Å²) in [7, 11) is 0. The van der Waals surface area contributed by atoms with Crippen molar-refractivity contribution >= 4 is 5.91 Å². The molecule has 1 atom stereocenters. The van der Waals surface area contributed by atoms with E-state index >= 15 is 0 Å². The molecule has 3 heterocycles. The molecule has 5 nitrogen and oxygen atoms in total. The van der Waals surface area contributed by atoms with Gasteiger partial charge in [0.05, 0.1) is 11.7 Å². The van der Waals surface area contributed by atoms with Gasteiger partial charge in [-0.2, -0.15) is 0 Å². The van der Waals surface area contributed by atoms with Crippen LogP contribution in [0.15, 0.2) is 28.9 Å². The third-order valence-electron chi connectivity index (χ3n) is 4.12. The summed E-state index contributed by atoms with van der Waals surface area (Å²) in [6.07, 6.45) is 4.86. The van der Waals surface area contributed by atoms with Gasteiger partial charge in [0, 0.05) is 31.0 Å². The Kier molecular flexibility index (Phi) is 3.82. The summed E-state index contributed by atoms with van der Waals surface area (Å²) in [5.74, 6) is 0.307. The maximum absolute atomic E-state index is 12.7. The lowest BCUT2D eigenvalue weighted by Gasteiger charge is -2.36. The molecule has 0 aromatic carbocycles. The predicted octanol–water partition coefficient (Wildman–Crippen LogP) is 3.04. The van der Waals surface area contributed by atoms with E-state index in [1.807, 2.05) is 11.8 Å². The monoisotopic (exact) mass is 287 g/mol. The quantitative estimate of drug-likeness (QED) is 0.868. The van der Waals surface area contributed by atoms with Gasteiger partial charge in [-0.25, -0.2) is 0 Å². The van der Waals surface area contributed by atoms with Crippen LogP contribution in [0.25, 0.3) is 0 Å². The van der Waals surface area contributed by atoms with Gasteiger partial charge in [0.1, 0.15) is 0 Å². The van der Waals surface area contributed by atoms with Crippen LogP contribution >= 0.6 is 0 Å². The molecular formula is C16H21N3O2. The number of aryl methyl sites for hydroxylation is 1. The zero-order valence-electron chi connectivity index (χ0n) is 12.6. The molecule has 0 aliphatic carbocycles. The molecule has 2 aromatic rings. The predicted molar refractivity (Wildman–Crippen MR) is 79.0 cm³/mol. The van der Waals surface area contributed by atoms with Gasteiger partial charge >= 0.3 is 0 Å². The lowest BCUT2D eigenvalue weighted by Crippen LogP contribution is -2.41. The molecule has 2 aromatic heterocycles. The van der Waals surface area contributed by atoms with Gasteiger partial charge in [-0.15, -0.1) is 0 Å². The van der Waals surface area contributed by atoms with Crippen LogP contribution in [0.1, 0.15) is 54.7 Å². The fraction of sp³-hybridized carbons (Fsp3) is 0.500. The van der Waals surface area contributed by atoms with E-state index in [-0.39, 0.29) is 11.9 Å². The Morgan fingerprint density at radius 3 is 3.00 bits per heavy atom. The first-order valence-electron chi connectivity index (χ1n) is 7.66. The van der Waals surface area contributed by atoms with Gasteiger partial charge in [0.15, 0.2) is 0 Å². The van der Waals surface area contributed by atoms with Gasteiger partial charge in [0.2, 0.25) is 5.76 Å². The van der Waals surface area contributed by atoms with Crippen LogP contribution in [0.5, 0.6) is 0 Å². The number of aromatic nitrogens is 2. The normalized spacial score (nSPS) is 17.8. The lowest BCUT2D eigenvalue weighted by molar-refractivity contribution is 0.0568. The van der Waals surface area contributed by atoms with E-state index in [0.29, 0.717) is 12.3 Å². The van der Waals surface area contributed by atoms with Gasteiger partial charge in [0.25, 0.3) is 5.91 Å². The Morgan fingerprint density at radius 2 is 2.29 bits per heavy atom. The Morgan fingerprint density at radius 1 is 1.43 bits per heavy atom. The number of nitrogens with zero attached hydrogens (tertiary/aromatic N) is 3. The maximum atomic E-state index is 12.7. The third-order valence-corrected chi connectivity index (χ3v) is 4.12. The highest BCUT2D eigenvalue weighted by atomic mass is 16.5. The average molecular weight is 287 g/mol. The highest BCUT2D eigenvalue weighted by Crippen LogP contribution is 2.31. The molecule has 1 amide bonds. The van der Waals surface area contributed by atoms with Gasteiger partial charge in [-0.1, -0.05) is 25.4 Å². The Bertz CT molecular complexity index is 629. The molecule has 5 heteroatoms. The molecule has 0 unspecified atom stereocenters. The number of carbonyl (C=O) groups is 1. The van der Waals surface area contributed by atoms with Crippen LogP contribution in [0, 0.1) is 0 Å². The highest BCUT2D eigenvalue weighted by molar-refractivity contribution is 5.91. The van der Waals surface area contributed by atoms with Gasteiger partial charge < -0.3 is 14.0 Å². The number of fused-ring (bicyclic) bond motifs is 1. The summed E-state index contributed by atoms with van der Waals surface area (Å²) in [5, 5.41) is 3.93. The number of carbonyl (C=O) groups excluding carboxylic acids is 1. The first-order chi connectivity index (χ1) is 10.2. The second-order valence-electron chi connectivity index (χ2n) is 5.47. The summed E-state index contributed by atoms with van der Waals surface area (Å²) in [6, 6.07) is 6.05. The zero-order chi connectivity index (χ0) is 14.8. The van der Waals surface area contributed by atoms with Gasteiger partial charge in [-0.3, -0.25) is 4.79 Å². The molecule has 1 aliphatic rings. The molecule has 0 saturated carbocycles. The fourth-order valence-corrected chi connectivity index (χ4v) is 3.01. The van der Waals surface area contributed by atoms with E-state index in [1.165, 1.54) is 5.69 Å². The van der Waals surface area contributed by atoms with Crippen molar-refractivity contribution in [3.05, 3.63) is 41.5 Å². The van der Waals surface area contributed by atoms with Crippen LogP contribution < -0.4 is 0 Å². The first-order valence-corrected chi connectivity index (χ1v) is 7.66. The number of hydrogen-bond donors (Lipinski definition) is 0. The number of amides is 1. The molecule has 112 valence electrons. The molecule has 0 fully saturated rings. The lowest BCUT2D eigenvalue weighted by atomic mass is 10.0.